The number of anilines is 2. The first-order chi connectivity index (χ1) is 18.5. The summed E-state index contributed by atoms with van der Waals surface area (Å²) in [5.74, 6) is 0.462. The number of unbranched alkanes of at least 4 members (excludes halogenated alkanes) is 1. The van der Waals surface area contributed by atoms with Gasteiger partial charge in [0.25, 0.3) is 0 Å². The first-order valence-electron chi connectivity index (χ1n) is 13.3. The van der Waals surface area contributed by atoms with Crippen molar-refractivity contribution < 1.29 is 14.2 Å². The third-order valence-electron chi connectivity index (χ3n) is 7.19. The van der Waals surface area contributed by atoms with Crippen molar-refractivity contribution in [2.45, 2.75) is 45.1 Å². The Balaban J connectivity index is 1.58. The Morgan fingerprint density at radius 1 is 1.26 bits per heavy atom. The lowest BCUT2D eigenvalue weighted by atomic mass is 9.87. The molecule has 1 aliphatic rings. The van der Waals surface area contributed by atoms with Crippen LogP contribution in [0.1, 0.15) is 55.2 Å². The topological polar surface area (TPSA) is 129 Å². The van der Waals surface area contributed by atoms with Crippen LogP contribution in [0.3, 0.4) is 0 Å². The van der Waals surface area contributed by atoms with Crippen LogP contribution in [-0.2, 0) is 11.3 Å². The Kier molecular flexibility index (Phi) is 9.44. The fourth-order valence-corrected chi connectivity index (χ4v) is 5.08. The van der Waals surface area contributed by atoms with Crippen molar-refractivity contribution in [1.82, 2.24) is 24.6 Å². The highest BCUT2D eigenvalue weighted by Gasteiger charge is 2.23. The Hall–Kier alpha value is -3.33. The zero-order valence-electron chi connectivity index (χ0n) is 22.2. The number of hydrogen-bond donors (Lipinski definition) is 2. The molecular weight excluding hydrogens is 487 g/mol. The van der Waals surface area contributed by atoms with E-state index < -0.39 is 5.82 Å². The number of nitrogens with zero attached hydrogens (tertiary/aromatic N) is 7. The van der Waals surface area contributed by atoms with Crippen molar-refractivity contribution in [3.05, 3.63) is 40.8 Å². The van der Waals surface area contributed by atoms with Gasteiger partial charge in [-0.3, -0.25) is 4.68 Å². The number of nitrogens with two attached hydrogens (primary N) is 1. The molecule has 3 aromatic rings. The van der Waals surface area contributed by atoms with E-state index in [1.54, 1.807) is 24.1 Å². The molecule has 0 bridgehead atoms. The molecule has 0 amide bonds. The smallest absolute Gasteiger partial charge is 0.222 e. The summed E-state index contributed by atoms with van der Waals surface area (Å²) in [7, 11) is 1.70. The molecule has 0 aliphatic carbocycles. The Labute approximate surface area is 222 Å². The summed E-state index contributed by atoms with van der Waals surface area (Å²) in [6.07, 6.45) is 5.44. The summed E-state index contributed by atoms with van der Waals surface area (Å²) in [5, 5.41) is 24.1. The van der Waals surface area contributed by atoms with Crippen molar-refractivity contribution in [2.24, 2.45) is 0 Å². The molecule has 1 saturated heterocycles. The molecule has 1 fully saturated rings. The predicted molar refractivity (Wildman–Crippen MR) is 144 cm³/mol. The van der Waals surface area contributed by atoms with E-state index in [2.05, 4.69) is 33.0 Å². The fourth-order valence-electron chi connectivity index (χ4n) is 5.08. The maximum absolute atomic E-state index is 15.4. The third kappa shape index (κ3) is 6.38. The van der Waals surface area contributed by atoms with Gasteiger partial charge in [-0.05, 0) is 56.0 Å². The van der Waals surface area contributed by atoms with Crippen molar-refractivity contribution >= 4 is 22.8 Å². The molecule has 3 N–H and O–H groups in total. The summed E-state index contributed by atoms with van der Waals surface area (Å²) < 4.78 is 22.2. The van der Waals surface area contributed by atoms with Crippen LogP contribution < -0.4 is 10.6 Å². The molecule has 0 spiro atoms. The molecular formula is C27H37FN8O2. The van der Waals surface area contributed by atoms with Crippen molar-refractivity contribution in [1.29, 1.82) is 5.26 Å². The Morgan fingerprint density at radius 2 is 2.05 bits per heavy atom. The first-order valence-corrected chi connectivity index (χ1v) is 13.3. The van der Waals surface area contributed by atoms with Crippen molar-refractivity contribution in [3.8, 4) is 6.07 Å². The monoisotopic (exact) mass is 524 g/mol. The predicted octanol–water partition coefficient (Wildman–Crippen LogP) is 2.89. The highest BCUT2D eigenvalue weighted by Crippen LogP contribution is 2.31. The molecule has 0 saturated carbocycles. The van der Waals surface area contributed by atoms with Gasteiger partial charge in [-0.25, -0.2) is 9.37 Å². The average Bonchev–Trinajstić information content (AvgIpc) is 3.33. The largest absolute Gasteiger partial charge is 0.395 e. The van der Waals surface area contributed by atoms with Crippen LogP contribution in [0.4, 0.5) is 16.2 Å². The van der Waals surface area contributed by atoms with Crippen molar-refractivity contribution in [3.63, 3.8) is 0 Å². The van der Waals surface area contributed by atoms with Gasteiger partial charge in [-0.2, -0.15) is 15.3 Å². The van der Waals surface area contributed by atoms with Crippen LogP contribution >= 0.6 is 0 Å². The number of nitriles is 1. The summed E-state index contributed by atoms with van der Waals surface area (Å²) in [5.41, 5.74) is 8.52. The van der Waals surface area contributed by atoms with E-state index in [0.29, 0.717) is 47.7 Å². The van der Waals surface area contributed by atoms with Gasteiger partial charge in [-0.15, -0.1) is 0 Å². The van der Waals surface area contributed by atoms with Crippen LogP contribution in [-0.4, -0.2) is 82.8 Å². The number of fused-ring (bicyclic) bond motifs is 1. The number of hydrogen-bond acceptors (Lipinski definition) is 9. The minimum atomic E-state index is -0.406. The van der Waals surface area contributed by atoms with Gasteiger partial charge in [0.05, 0.1) is 37.6 Å². The van der Waals surface area contributed by atoms with Gasteiger partial charge in [0.2, 0.25) is 5.95 Å². The van der Waals surface area contributed by atoms with Crippen LogP contribution in [0.2, 0.25) is 0 Å². The lowest BCUT2D eigenvalue weighted by molar-refractivity contribution is 0.130. The number of benzene rings is 1. The van der Waals surface area contributed by atoms with Crippen LogP contribution in [0, 0.1) is 17.1 Å². The lowest BCUT2D eigenvalue weighted by Gasteiger charge is -2.32. The number of aliphatic hydroxyl groups excluding tert-OH is 1. The molecule has 4 rings (SSSR count). The molecule has 2 aromatic heterocycles. The van der Waals surface area contributed by atoms with Gasteiger partial charge >= 0.3 is 0 Å². The van der Waals surface area contributed by atoms with E-state index in [9.17, 15) is 10.4 Å². The second kappa shape index (κ2) is 13.0. The Morgan fingerprint density at radius 3 is 2.74 bits per heavy atom. The second-order valence-electron chi connectivity index (χ2n) is 9.78. The van der Waals surface area contributed by atoms with E-state index in [-0.39, 0.29) is 25.0 Å². The van der Waals surface area contributed by atoms with Gasteiger partial charge in [0.1, 0.15) is 11.3 Å². The molecule has 3 heterocycles. The molecule has 204 valence electrons. The van der Waals surface area contributed by atoms with E-state index in [0.717, 1.165) is 50.9 Å². The number of aliphatic hydroxyl groups is 1. The summed E-state index contributed by atoms with van der Waals surface area (Å²) in [4.78, 5) is 13.0. The van der Waals surface area contributed by atoms with E-state index in [4.69, 9.17) is 10.5 Å². The number of piperidine rings is 1. The third-order valence-corrected chi connectivity index (χ3v) is 7.19. The zero-order chi connectivity index (χ0) is 27.1. The second-order valence-corrected chi connectivity index (χ2v) is 9.78. The van der Waals surface area contributed by atoms with Crippen LogP contribution in [0.5, 0.6) is 0 Å². The van der Waals surface area contributed by atoms with Gasteiger partial charge in [0.15, 0.2) is 11.3 Å². The van der Waals surface area contributed by atoms with Gasteiger partial charge < -0.3 is 25.4 Å². The zero-order valence-corrected chi connectivity index (χ0v) is 22.2. The fraction of sp³-hybridized carbons (Fsp3) is 0.556. The number of likely N-dealkylation sites (tertiary alicyclic amines) is 1. The minimum absolute atomic E-state index is 0.0366. The molecule has 10 nitrogen and oxygen atoms in total. The standard InChI is InChI=1S/C27H37FN8O2/c1-3-4-7-35(10-12-37)26-25-24(31-27(30)32-26)18-36(33-25)17-22-21(16-29)14-20(15-23(22)28)19-5-8-34(9-6-19)11-13-38-2/h14-15,18-19,37H,3-13,17H2,1-2H3,(H2,30,31). The van der Waals surface area contributed by atoms with E-state index in [1.807, 2.05) is 11.0 Å². The highest BCUT2D eigenvalue weighted by atomic mass is 19.1. The quantitative estimate of drug-likeness (QED) is 0.367. The van der Waals surface area contributed by atoms with Crippen LogP contribution in [0.25, 0.3) is 11.0 Å². The SMILES string of the molecule is CCCCN(CCO)c1nc(N)nc2cn(Cc3c(F)cc(C4CCN(CCOC)CC4)cc3C#N)nc12. The maximum atomic E-state index is 15.4. The highest BCUT2D eigenvalue weighted by molar-refractivity contribution is 5.86. The normalized spacial score (nSPS) is 14.7. The molecule has 38 heavy (non-hydrogen) atoms. The lowest BCUT2D eigenvalue weighted by Crippen LogP contribution is -2.35. The number of rotatable bonds is 12. The Bertz CT molecular complexity index is 1270. The number of ether oxygens (including phenoxy) is 1. The van der Waals surface area contributed by atoms with E-state index in [1.165, 1.54) is 0 Å². The summed E-state index contributed by atoms with van der Waals surface area (Å²) in [6, 6.07) is 5.60. The van der Waals surface area contributed by atoms with Crippen molar-refractivity contribution in [2.75, 3.05) is 63.7 Å². The average molecular weight is 525 g/mol. The number of methoxy groups -OCH3 is 1. The molecule has 11 heteroatoms. The van der Waals surface area contributed by atoms with Crippen LogP contribution in [0.15, 0.2) is 18.3 Å². The minimum Gasteiger partial charge on any atom is -0.395 e. The summed E-state index contributed by atoms with van der Waals surface area (Å²) >= 11 is 0. The van der Waals surface area contributed by atoms with Gasteiger partial charge in [-0.1, -0.05) is 13.3 Å². The number of halogens is 1. The molecule has 0 unspecified atom stereocenters. The van der Waals surface area contributed by atoms with Gasteiger partial charge in [0, 0.05) is 32.3 Å². The van der Waals surface area contributed by atoms with E-state index >= 15 is 4.39 Å². The first kappa shape index (κ1) is 27.7. The molecule has 0 atom stereocenters. The molecule has 1 aliphatic heterocycles. The number of nitrogen functional groups attached to an aromatic ring is 1. The molecule has 0 radical (unpaired) electrons. The molecule has 1 aromatic carbocycles. The maximum Gasteiger partial charge on any atom is 0.222 e. The number of aromatic nitrogens is 4. The summed E-state index contributed by atoms with van der Waals surface area (Å²) in [6.45, 7) is 6.66.